The second kappa shape index (κ2) is 7.98. The minimum Gasteiger partial charge on any atom is -0.343 e. The molecular formula is C24H24N4O3. The van der Waals surface area contributed by atoms with E-state index in [9.17, 15) is 14.4 Å². The molecule has 1 saturated heterocycles. The summed E-state index contributed by atoms with van der Waals surface area (Å²) in [5, 5.41) is 1.62. The van der Waals surface area contributed by atoms with Crippen LogP contribution in [0.5, 0.6) is 0 Å². The molecule has 2 aliphatic heterocycles. The molecule has 2 aliphatic rings. The molecule has 31 heavy (non-hydrogen) atoms. The van der Waals surface area contributed by atoms with Gasteiger partial charge >= 0.3 is 0 Å². The van der Waals surface area contributed by atoms with Gasteiger partial charge < -0.3 is 9.47 Å². The molecule has 5 rings (SSSR count). The number of carbonyl (C=O) groups excluding carboxylic acids is 3. The quantitative estimate of drug-likeness (QED) is 0.598. The molecular weight excluding hydrogens is 392 g/mol. The van der Waals surface area contributed by atoms with Crippen LogP contribution in [-0.4, -0.2) is 56.7 Å². The van der Waals surface area contributed by atoms with Crippen LogP contribution in [0, 0.1) is 0 Å². The van der Waals surface area contributed by atoms with Crippen molar-refractivity contribution in [2.45, 2.75) is 31.7 Å². The Balaban J connectivity index is 1.19. The zero-order valence-electron chi connectivity index (χ0n) is 17.2. The number of amides is 3. The van der Waals surface area contributed by atoms with E-state index in [0.717, 1.165) is 36.7 Å². The Morgan fingerprint density at radius 2 is 1.68 bits per heavy atom. The van der Waals surface area contributed by atoms with Crippen molar-refractivity contribution in [3.05, 3.63) is 66.2 Å². The predicted molar refractivity (Wildman–Crippen MR) is 116 cm³/mol. The van der Waals surface area contributed by atoms with Gasteiger partial charge in [-0.3, -0.25) is 19.3 Å². The predicted octanol–water partition coefficient (Wildman–Crippen LogP) is 3.28. The summed E-state index contributed by atoms with van der Waals surface area (Å²) in [6.45, 7) is 1.69. The van der Waals surface area contributed by atoms with Crippen molar-refractivity contribution >= 4 is 28.5 Å². The number of hydrogen-bond donors (Lipinski definition) is 0. The first-order valence-corrected chi connectivity index (χ1v) is 10.8. The Morgan fingerprint density at radius 3 is 2.29 bits per heavy atom. The Morgan fingerprint density at radius 1 is 1.00 bits per heavy atom. The SMILES string of the molecule is O=C(CCCN1C(=O)c2cccc3cccc(c23)C1=O)N1CCC(n2ccnc2)CC1. The molecule has 7 heteroatoms. The normalized spacial score (nSPS) is 16.9. The average Bonchev–Trinajstić information content (AvgIpc) is 3.34. The van der Waals surface area contributed by atoms with E-state index in [-0.39, 0.29) is 24.3 Å². The summed E-state index contributed by atoms with van der Waals surface area (Å²) in [6.07, 6.45) is 8.19. The Hall–Kier alpha value is -3.48. The maximum Gasteiger partial charge on any atom is 0.261 e. The number of aromatic nitrogens is 2. The van der Waals surface area contributed by atoms with Gasteiger partial charge in [-0.2, -0.15) is 0 Å². The maximum absolute atomic E-state index is 12.9. The van der Waals surface area contributed by atoms with E-state index in [1.807, 2.05) is 41.7 Å². The molecule has 0 aliphatic carbocycles. The molecule has 0 bridgehead atoms. The van der Waals surface area contributed by atoms with Gasteiger partial charge in [0.05, 0.1) is 6.33 Å². The zero-order chi connectivity index (χ0) is 21.4. The summed E-state index contributed by atoms with van der Waals surface area (Å²) in [7, 11) is 0. The first kappa shape index (κ1) is 19.5. The van der Waals surface area contributed by atoms with Crippen LogP contribution in [0.4, 0.5) is 0 Å². The largest absolute Gasteiger partial charge is 0.343 e. The standard InChI is InChI=1S/C24H24N4O3/c29-21(26-13-9-18(10-14-26)27-15-11-25-16-27)8-3-12-28-23(30)19-6-1-4-17-5-2-7-20(22(17)19)24(28)31/h1-2,4-7,11,15-16,18H,3,8-10,12-14H2. The third-order valence-corrected chi connectivity index (χ3v) is 6.39. The molecule has 0 spiro atoms. The molecule has 0 radical (unpaired) electrons. The minimum absolute atomic E-state index is 0.0866. The fourth-order valence-corrected chi connectivity index (χ4v) is 4.73. The van der Waals surface area contributed by atoms with E-state index >= 15 is 0 Å². The summed E-state index contributed by atoms with van der Waals surface area (Å²) in [4.78, 5) is 45.8. The van der Waals surface area contributed by atoms with Crippen LogP contribution in [0.3, 0.4) is 0 Å². The van der Waals surface area contributed by atoms with Crippen molar-refractivity contribution in [2.24, 2.45) is 0 Å². The van der Waals surface area contributed by atoms with Gasteiger partial charge in [-0.05, 0) is 36.8 Å². The lowest BCUT2D eigenvalue weighted by molar-refractivity contribution is -0.132. The van der Waals surface area contributed by atoms with E-state index in [1.165, 1.54) is 4.90 Å². The minimum atomic E-state index is -0.275. The molecule has 2 aromatic carbocycles. The first-order valence-electron chi connectivity index (χ1n) is 10.8. The highest BCUT2D eigenvalue weighted by Gasteiger charge is 2.32. The molecule has 3 aromatic rings. The van der Waals surface area contributed by atoms with Gasteiger partial charge in [-0.25, -0.2) is 4.98 Å². The van der Waals surface area contributed by atoms with E-state index in [1.54, 1.807) is 18.3 Å². The Labute approximate surface area is 180 Å². The maximum atomic E-state index is 12.9. The highest BCUT2D eigenvalue weighted by molar-refractivity contribution is 6.25. The summed E-state index contributed by atoms with van der Waals surface area (Å²) in [5.74, 6) is -0.464. The van der Waals surface area contributed by atoms with E-state index in [4.69, 9.17) is 0 Å². The summed E-state index contributed by atoms with van der Waals surface area (Å²) < 4.78 is 2.10. The zero-order valence-corrected chi connectivity index (χ0v) is 17.2. The van der Waals surface area contributed by atoms with Crippen LogP contribution in [0.1, 0.15) is 52.4 Å². The highest BCUT2D eigenvalue weighted by atomic mass is 16.2. The summed E-state index contributed by atoms with van der Waals surface area (Å²) in [6, 6.07) is 11.4. The van der Waals surface area contributed by atoms with Crippen molar-refractivity contribution in [3.8, 4) is 0 Å². The van der Waals surface area contributed by atoms with Gasteiger partial charge in [0.15, 0.2) is 0 Å². The van der Waals surface area contributed by atoms with E-state index in [0.29, 0.717) is 30.0 Å². The fraction of sp³-hybridized carbons (Fsp3) is 0.333. The monoisotopic (exact) mass is 416 g/mol. The lowest BCUT2D eigenvalue weighted by Crippen LogP contribution is -2.42. The van der Waals surface area contributed by atoms with Crippen molar-refractivity contribution in [1.82, 2.24) is 19.4 Å². The molecule has 0 saturated carbocycles. The van der Waals surface area contributed by atoms with E-state index in [2.05, 4.69) is 9.55 Å². The lowest BCUT2D eigenvalue weighted by atomic mass is 9.94. The van der Waals surface area contributed by atoms with Gasteiger partial charge in [-0.15, -0.1) is 0 Å². The van der Waals surface area contributed by atoms with Gasteiger partial charge in [0.2, 0.25) is 5.91 Å². The second-order valence-corrected chi connectivity index (χ2v) is 8.20. The highest BCUT2D eigenvalue weighted by Crippen LogP contribution is 2.30. The van der Waals surface area contributed by atoms with Crippen LogP contribution >= 0.6 is 0 Å². The molecule has 1 aromatic heterocycles. The van der Waals surface area contributed by atoms with Gasteiger partial charge in [0, 0.05) is 61.0 Å². The van der Waals surface area contributed by atoms with Gasteiger partial charge in [0.1, 0.15) is 0 Å². The lowest BCUT2D eigenvalue weighted by Gasteiger charge is -2.33. The summed E-state index contributed by atoms with van der Waals surface area (Å²) in [5.41, 5.74) is 1.11. The Bertz CT molecular complexity index is 1100. The number of imide groups is 1. The molecule has 3 heterocycles. The van der Waals surface area contributed by atoms with Crippen LogP contribution in [0.25, 0.3) is 10.8 Å². The smallest absolute Gasteiger partial charge is 0.261 e. The number of piperidine rings is 1. The van der Waals surface area contributed by atoms with Crippen molar-refractivity contribution in [2.75, 3.05) is 19.6 Å². The molecule has 0 unspecified atom stereocenters. The average molecular weight is 416 g/mol. The van der Waals surface area contributed by atoms with Crippen molar-refractivity contribution in [3.63, 3.8) is 0 Å². The number of carbonyl (C=O) groups is 3. The molecule has 7 nitrogen and oxygen atoms in total. The third kappa shape index (κ3) is 3.50. The topological polar surface area (TPSA) is 75.5 Å². The first-order chi connectivity index (χ1) is 15.1. The van der Waals surface area contributed by atoms with Crippen molar-refractivity contribution < 1.29 is 14.4 Å². The molecule has 1 fully saturated rings. The molecule has 3 amide bonds. The molecule has 0 atom stereocenters. The fourth-order valence-electron chi connectivity index (χ4n) is 4.73. The van der Waals surface area contributed by atoms with E-state index < -0.39 is 0 Å². The number of imidazole rings is 1. The molecule has 158 valence electrons. The second-order valence-electron chi connectivity index (χ2n) is 8.20. The third-order valence-electron chi connectivity index (χ3n) is 6.39. The van der Waals surface area contributed by atoms with Crippen LogP contribution in [0.2, 0.25) is 0 Å². The van der Waals surface area contributed by atoms with Gasteiger partial charge in [0.25, 0.3) is 11.8 Å². The number of rotatable bonds is 5. The number of hydrogen-bond acceptors (Lipinski definition) is 4. The summed E-state index contributed by atoms with van der Waals surface area (Å²) >= 11 is 0. The Kier molecular flexibility index (Phi) is 5.02. The van der Waals surface area contributed by atoms with Crippen molar-refractivity contribution in [1.29, 1.82) is 0 Å². The number of likely N-dealkylation sites (tertiary alicyclic amines) is 1. The van der Waals surface area contributed by atoms with Gasteiger partial charge in [-0.1, -0.05) is 24.3 Å². The van der Waals surface area contributed by atoms with Crippen LogP contribution in [0.15, 0.2) is 55.1 Å². The number of benzene rings is 2. The molecule has 0 N–H and O–H groups in total. The van der Waals surface area contributed by atoms with Crippen LogP contribution < -0.4 is 0 Å². The number of nitrogens with zero attached hydrogens (tertiary/aromatic N) is 4. The van der Waals surface area contributed by atoms with Crippen LogP contribution in [-0.2, 0) is 4.79 Å².